The molecule has 0 saturated heterocycles. The first-order valence-electron chi connectivity index (χ1n) is 10.8. The lowest BCUT2D eigenvalue weighted by atomic mass is 9.89. The molecule has 3 aromatic rings. The molecule has 9 heteroatoms. The molecule has 0 aliphatic carbocycles. The second kappa shape index (κ2) is 9.58. The summed E-state index contributed by atoms with van der Waals surface area (Å²) in [5.74, 6) is 0.246. The smallest absolute Gasteiger partial charge is 0.267 e. The SMILES string of the molecule is CCCc1ccc(C(C)C)c(-c2nc(NS(=O)(=O)c3cnn(C)c3)nc(Cl)c2C(C)C)c1. The minimum atomic E-state index is -3.90. The molecule has 7 nitrogen and oxygen atoms in total. The quantitative estimate of drug-likeness (QED) is 0.432. The third-order valence-electron chi connectivity index (χ3n) is 5.23. The molecule has 2 aromatic heterocycles. The van der Waals surface area contributed by atoms with Crippen molar-refractivity contribution in [2.75, 3.05) is 4.72 Å². The van der Waals surface area contributed by atoms with Gasteiger partial charge in [-0.05, 0) is 35.4 Å². The first-order chi connectivity index (χ1) is 15.0. The van der Waals surface area contributed by atoms with Gasteiger partial charge in [-0.2, -0.15) is 10.1 Å². The zero-order valence-electron chi connectivity index (χ0n) is 19.3. The highest BCUT2D eigenvalue weighted by Crippen LogP contribution is 2.38. The Morgan fingerprint density at radius 1 is 1.12 bits per heavy atom. The lowest BCUT2D eigenvalue weighted by Crippen LogP contribution is -2.16. The predicted molar refractivity (Wildman–Crippen MR) is 129 cm³/mol. The van der Waals surface area contributed by atoms with Gasteiger partial charge in [-0.1, -0.05) is 64.8 Å². The number of aromatic nitrogens is 4. The van der Waals surface area contributed by atoms with Gasteiger partial charge in [0.15, 0.2) is 0 Å². The molecule has 1 N–H and O–H groups in total. The van der Waals surface area contributed by atoms with E-state index in [4.69, 9.17) is 11.6 Å². The van der Waals surface area contributed by atoms with Crippen LogP contribution in [0.15, 0.2) is 35.5 Å². The van der Waals surface area contributed by atoms with Crippen LogP contribution in [0.3, 0.4) is 0 Å². The Morgan fingerprint density at radius 2 is 1.84 bits per heavy atom. The van der Waals surface area contributed by atoms with Crippen LogP contribution in [-0.4, -0.2) is 28.2 Å². The van der Waals surface area contributed by atoms with Crippen molar-refractivity contribution < 1.29 is 8.42 Å². The molecule has 0 radical (unpaired) electrons. The van der Waals surface area contributed by atoms with E-state index in [0.717, 1.165) is 29.5 Å². The number of halogens is 1. The van der Waals surface area contributed by atoms with Gasteiger partial charge >= 0.3 is 0 Å². The molecule has 0 saturated carbocycles. The second-order valence-electron chi connectivity index (χ2n) is 8.54. The summed E-state index contributed by atoms with van der Waals surface area (Å²) >= 11 is 6.59. The maximum atomic E-state index is 12.8. The van der Waals surface area contributed by atoms with Gasteiger partial charge in [0.05, 0.1) is 11.9 Å². The molecule has 0 aliphatic rings. The number of hydrogen-bond donors (Lipinski definition) is 1. The summed E-state index contributed by atoms with van der Waals surface area (Å²) in [7, 11) is -2.25. The molecular weight excluding hydrogens is 446 g/mol. The van der Waals surface area contributed by atoms with Crippen LogP contribution >= 0.6 is 11.6 Å². The molecule has 0 fully saturated rings. The zero-order valence-corrected chi connectivity index (χ0v) is 20.9. The lowest BCUT2D eigenvalue weighted by molar-refractivity contribution is 0.600. The Balaban J connectivity index is 2.20. The molecule has 0 bridgehead atoms. The molecule has 32 heavy (non-hydrogen) atoms. The Bertz CT molecular complexity index is 1220. The standard InChI is InChI=1S/C23H30ClN5O2S/c1-7-8-16-9-10-18(14(2)3)19(11-16)21-20(15(4)5)22(24)27-23(26-21)28-32(30,31)17-12-25-29(6)13-17/h9-15H,7-8H2,1-6H3,(H,26,27,28). The Morgan fingerprint density at radius 3 is 2.41 bits per heavy atom. The predicted octanol–water partition coefficient (Wildman–Crippen LogP) is 5.53. The summed E-state index contributed by atoms with van der Waals surface area (Å²) in [4.78, 5) is 8.97. The fourth-order valence-electron chi connectivity index (χ4n) is 3.68. The fourth-order valence-corrected chi connectivity index (χ4v) is 4.99. The molecule has 0 aliphatic heterocycles. The van der Waals surface area contributed by atoms with Gasteiger partial charge < -0.3 is 0 Å². The number of benzene rings is 1. The van der Waals surface area contributed by atoms with Crippen LogP contribution in [-0.2, 0) is 23.5 Å². The van der Waals surface area contributed by atoms with Crippen molar-refractivity contribution in [2.45, 2.75) is 64.2 Å². The first-order valence-corrected chi connectivity index (χ1v) is 12.6. The summed E-state index contributed by atoms with van der Waals surface area (Å²) in [5, 5.41) is 4.17. The average molecular weight is 476 g/mol. The van der Waals surface area contributed by atoms with E-state index < -0.39 is 10.0 Å². The molecule has 3 rings (SSSR count). The number of nitrogens with zero attached hydrogens (tertiary/aromatic N) is 4. The first kappa shape index (κ1) is 24.2. The highest BCUT2D eigenvalue weighted by molar-refractivity contribution is 7.92. The molecule has 0 amide bonds. The minimum absolute atomic E-state index is 0.0296. The molecule has 0 unspecified atom stereocenters. The van der Waals surface area contributed by atoms with Crippen molar-refractivity contribution in [3.05, 3.63) is 52.4 Å². The Labute approximate surface area is 195 Å². The molecule has 172 valence electrons. The lowest BCUT2D eigenvalue weighted by Gasteiger charge is -2.20. The number of hydrogen-bond acceptors (Lipinski definition) is 5. The third kappa shape index (κ3) is 5.13. The number of nitrogens with one attached hydrogen (secondary N) is 1. The van der Waals surface area contributed by atoms with Crippen molar-refractivity contribution in [1.82, 2.24) is 19.7 Å². The summed E-state index contributed by atoms with van der Waals surface area (Å²) in [6.45, 7) is 10.4. The van der Waals surface area contributed by atoms with Crippen LogP contribution in [0, 0.1) is 0 Å². The summed E-state index contributed by atoms with van der Waals surface area (Å²) in [6, 6.07) is 6.42. The van der Waals surface area contributed by atoms with E-state index in [2.05, 4.69) is 58.8 Å². The van der Waals surface area contributed by atoms with Gasteiger partial charge in [-0.3, -0.25) is 4.68 Å². The van der Waals surface area contributed by atoms with Crippen LogP contribution in [0.25, 0.3) is 11.3 Å². The molecular formula is C23H30ClN5O2S. The number of rotatable bonds is 8. The van der Waals surface area contributed by atoms with E-state index in [1.165, 1.54) is 22.6 Å². The van der Waals surface area contributed by atoms with Crippen molar-refractivity contribution in [3.8, 4) is 11.3 Å². The largest absolute Gasteiger partial charge is 0.274 e. The van der Waals surface area contributed by atoms with Crippen molar-refractivity contribution >= 4 is 27.6 Å². The van der Waals surface area contributed by atoms with Crippen LogP contribution in [0.2, 0.25) is 5.15 Å². The summed E-state index contributed by atoms with van der Waals surface area (Å²) < 4.78 is 29.5. The van der Waals surface area contributed by atoms with Crippen molar-refractivity contribution in [3.63, 3.8) is 0 Å². The molecule has 2 heterocycles. The maximum absolute atomic E-state index is 12.8. The maximum Gasteiger partial charge on any atom is 0.267 e. The Hall–Kier alpha value is -2.45. The highest BCUT2D eigenvalue weighted by atomic mass is 35.5. The monoisotopic (exact) mass is 475 g/mol. The second-order valence-corrected chi connectivity index (χ2v) is 10.6. The third-order valence-corrected chi connectivity index (χ3v) is 6.80. The number of anilines is 1. The van der Waals surface area contributed by atoms with Gasteiger partial charge in [-0.15, -0.1) is 0 Å². The number of aryl methyl sites for hydroxylation is 2. The van der Waals surface area contributed by atoms with Crippen LogP contribution in [0.1, 0.15) is 69.6 Å². The number of sulfonamides is 1. The van der Waals surface area contributed by atoms with Gasteiger partial charge in [0, 0.05) is 24.4 Å². The van der Waals surface area contributed by atoms with Crippen LogP contribution in [0.5, 0.6) is 0 Å². The van der Waals surface area contributed by atoms with Crippen molar-refractivity contribution in [2.24, 2.45) is 7.05 Å². The molecule has 0 atom stereocenters. The molecule has 1 aromatic carbocycles. The van der Waals surface area contributed by atoms with E-state index in [-0.39, 0.29) is 27.8 Å². The van der Waals surface area contributed by atoms with Gasteiger partial charge in [0.25, 0.3) is 10.0 Å². The van der Waals surface area contributed by atoms with E-state index in [9.17, 15) is 8.42 Å². The van der Waals surface area contributed by atoms with Crippen LogP contribution in [0.4, 0.5) is 5.95 Å². The van der Waals surface area contributed by atoms with Gasteiger partial charge in [0.2, 0.25) is 5.95 Å². The fraction of sp³-hybridized carbons (Fsp3) is 0.435. The molecule has 0 spiro atoms. The van der Waals surface area contributed by atoms with E-state index in [1.807, 2.05) is 13.8 Å². The van der Waals surface area contributed by atoms with E-state index in [0.29, 0.717) is 5.69 Å². The summed E-state index contributed by atoms with van der Waals surface area (Å²) in [5.41, 5.74) is 4.74. The minimum Gasteiger partial charge on any atom is -0.274 e. The van der Waals surface area contributed by atoms with E-state index in [1.54, 1.807) is 7.05 Å². The van der Waals surface area contributed by atoms with Crippen LogP contribution < -0.4 is 4.72 Å². The summed E-state index contributed by atoms with van der Waals surface area (Å²) in [6.07, 6.45) is 4.66. The van der Waals surface area contributed by atoms with Gasteiger partial charge in [0.1, 0.15) is 10.0 Å². The highest BCUT2D eigenvalue weighted by Gasteiger charge is 2.24. The zero-order chi connectivity index (χ0) is 23.6. The van der Waals surface area contributed by atoms with Gasteiger partial charge in [-0.25, -0.2) is 18.1 Å². The van der Waals surface area contributed by atoms with Crippen molar-refractivity contribution in [1.29, 1.82) is 0 Å². The normalized spacial score (nSPS) is 12.0. The topological polar surface area (TPSA) is 89.8 Å². The van der Waals surface area contributed by atoms with E-state index >= 15 is 0 Å². The Kier molecular flexibility index (Phi) is 7.25. The average Bonchev–Trinajstić information content (AvgIpc) is 3.14.